The van der Waals surface area contributed by atoms with E-state index in [0.29, 0.717) is 6.04 Å². The monoisotopic (exact) mass is 225 g/mol. The molecule has 0 aliphatic carbocycles. The largest absolute Gasteiger partial charge is 0.385 e. The SMILES string of the molecule is C=C/C(Cl)=C\CCC1(C)C=C(C)N[C@@H]1C. The molecule has 1 rings (SSSR count). The van der Waals surface area contributed by atoms with Crippen LogP contribution in [0.15, 0.2) is 35.5 Å². The molecule has 0 amide bonds. The summed E-state index contributed by atoms with van der Waals surface area (Å²) < 4.78 is 0. The van der Waals surface area contributed by atoms with Crippen molar-refractivity contribution in [2.24, 2.45) is 5.41 Å². The molecule has 0 fully saturated rings. The average Bonchev–Trinajstić information content (AvgIpc) is 2.40. The van der Waals surface area contributed by atoms with E-state index in [1.54, 1.807) is 6.08 Å². The Kier molecular flexibility index (Phi) is 4.04. The molecule has 0 aromatic heterocycles. The van der Waals surface area contributed by atoms with Crippen molar-refractivity contribution < 1.29 is 0 Å². The molecule has 0 saturated carbocycles. The van der Waals surface area contributed by atoms with Crippen molar-refractivity contribution in [1.29, 1.82) is 0 Å². The fourth-order valence-corrected chi connectivity index (χ4v) is 2.17. The van der Waals surface area contributed by atoms with Gasteiger partial charge in [-0.3, -0.25) is 0 Å². The maximum Gasteiger partial charge on any atom is 0.0360 e. The van der Waals surface area contributed by atoms with Crippen LogP contribution in [0.4, 0.5) is 0 Å². The molecule has 0 spiro atoms. The standard InChI is InChI=1S/C13H20ClN/c1-5-12(14)7-6-8-13(4)9-10(2)15-11(13)3/h5,7,9,11,15H,1,6,8H2,2-4H3/b12-7+/t11-,13?/m1/s1. The summed E-state index contributed by atoms with van der Waals surface area (Å²) in [6, 6.07) is 0.508. The van der Waals surface area contributed by atoms with Crippen LogP contribution < -0.4 is 5.32 Å². The van der Waals surface area contributed by atoms with Crippen molar-refractivity contribution in [1.82, 2.24) is 5.32 Å². The summed E-state index contributed by atoms with van der Waals surface area (Å²) >= 11 is 5.87. The van der Waals surface area contributed by atoms with Gasteiger partial charge in [0.1, 0.15) is 0 Å². The van der Waals surface area contributed by atoms with Crippen molar-refractivity contribution in [3.05, 3.63) is 35.5 Å². The van der Waals surface area contributed by atoms with E-state index in [9.17, 15) is 0 Å². The van der Waals surface area contributed by atoms with E-state index in [2.05, 4.69) is 38.7 Å². The van der Waals surface area contributed by atoms with E-state index in [-0.39, 0.29) is 5.41 Å². The molecule has 15 heavy (non-hydrogen) atoms. The molecule has 0 bridgehead atoms. The molecule has 1 nitrogen and oxygen atoms in total. The maximum absolute atomic E-state index is 5.87. The van der Waals surface area contributed by atoms with E-state index in [1.165, 1.54) is 5.70 Å². The minimum atomic E-state index is 0.249. The number of rotatable bonds is 4. The van der Waals surface area contributed by atoms with Crippen LogP contribution in [0, 0.1) is 5.41 Å². The number of halogens is 1. The summed E-state index contributed by atoms with van der Waals surface area (Å²) in [6.07, 6.45) is 8.16. The highest BCUT2D eigenvalue weighted by Gasteiger charge is 2.32. The Morgan fingerprint density at radius 2 is 2.40 bits per heavy atom. The Morgan fingerprint density at radius 3 is 2.87 bits per heavy atom. The van der Waals surface area contributed by atoms with Crippen molar-refractivity contribution in [2.75, 3.05) is 0 Å². The van der Waals surface area contributed by atoms with Gasteiger partial charge >= 0.3 is 0 Å². The van der Waals surface area contributed by atoms with Crippen LogP contribution in [0.2, 0.25) is 0 Å². The van der Waals surface area contributed by atoms with Gasteiger partial charge in [-0.05, 0) is 26.7 Å². The zero-order valence-corrected chi connectivity index (χ0v) is 10.6. The predicted octanol–water partition coefficient (Wildman–Crippen LogP) is 3.98. The summed E-state index contributed by atoms with van der Waals surface area (Å²) in [6.45, 7) is 10.3. The highest BCUT2D eigenvalue weighted by atomic mass is 35.5. The van der Waals surface area contributed by atoms with Crippen LogP contribution in [-0.4, -0.2) is 6.04 Å². The lowest BCUT2D eigenvalue weighted by Crippen LogP contribution is -2.32. The van der Waals surface area contributed by atoms with Gasteiger partial charge in [-0.15, -0.1) is 0 Å². The van der Waals surface area contributed by atoms with Gasteiger partial charge in [-0.1, -0.05) is 43.3 Å². The first kappa shape index (κ1) is 12.4. The van der Waals surface area contributed by atoms with E-state index in [0.717, 1.165) is 17.9 Å². The third-order valence-corrected chi connectivity index (χ3v) is 3.51. The Hall–Kier alpha value is -0.690. The Labute approximate surface area is 97.9 Å². The normalized spacial score (nSPS) is 31.1. The molecule has 0 aromatic rings. The summed E-state index contributed by atoms with van der Waals surface area (Å²) in [7, 11) is 0. The third-order valence-electron chi connectivity index (χ3n) is 3.20. The quantitative estimate of drug-likeness (QED) is 0.714. The zero-order valence-electron chi connectivity index (χ0n) is 9.81. The molecule has 1 aliphatic heterocycles. The van der Waals surface area contributed by atoms with E-state index < -0.39 is 0 Å². The van der Waals surface area contributed by atoms with Gasteiger partial charge < -0.3 is 5.32 Å². The predicted molar refractivity (Wildman–Crippen MR) is 67.8 cm³/mol. The summed E-state index contributed by atoms with van der Waals surface area (Å²) in [5.74, 6) is 0. The highest BCUT2D eigenvalue weighted by molar-refractivity contribution is 6.31. The fraction of sp³-hybridized carbons (Fsp3) is 0.538. The minimum Gasteiger partial charge on any atom is -0.385 e. The number of hydrogen-bond acceptors (Lipinski definition) is 1. The van der Waals surface area contributed by atoms with Gasteiger partial charge in [0, 0.05) is 22.2 Å². The minimum absolute atomic E-state index is 0.249. The molecule has 1 N–H and O–H groups in total. The molecule has 0 aromatic carbocycles. The van der Waals surface area contributed by atoms with E-state index >= 15 is 0 Å². The molecule has 1 aliphatic rings. The van der Waals surface area contributed by atoms with Gasteiger partial charge in [0.15, 0.2) is 0 Å². The summed E-state index contributed by atoms with van der Waals surface area (Å²) in [5.41, 5.74) is 1.53. The highest BCUT2D eigenvalue weighted by Crippen LogP contribution is 2.35. The van der Waals surface area contributed by atoms with Gasteiger partial charge in [0.25, 0.3) is 0 Å². The van der Waals surface area contributed by atoms with Gasteiger partial charge in [-0.2, -0.15) is 0 Å². The molecular weight excluding hydrogens is 206 g/mol. The molecule has 2 atom stereocenters. The summed E-state index contributed by atoms with van der Waals surface area (Å²) in [5, 5.41) is 4.19. The van der Waals surface area contributed by atoms with Gasteiger partial charge in [0.05, 0.1) is 0 Å². The van der Waals surface area contributed by atoms with Crippen LogP contribution in [-0.2, 0) is 0 Å². The Bertz CT molecular complexity index is 304. The fourth-order valence-electron chi connectivity index (χ4n) is 2.06. The first-order chi connectivity index (χ1) is 6.98. The summed E-state index contributed by atoms with van der Waals surface area (Å²) in [4.78, 5) is 0. The van der Waals surface area contributed by atoms with Crippen LogP contribution in [0.1, 0.15) is 33.6 Å². The molecule has 0 radical (unpaired) electrons. The molecule has 2 heteroatoms. The number of nitrogens with one attached hydrogen (secondary N) is 1. The second kappa shape index (κ2) is 4.89. The van der Waals surface area contributed by atoms with Crippen molar-refractivity contribution in [3.63, 3.8) is 0 Å². The molecule has 84 valence electrons. The lowest BCUT2D eigenvalue weighted by atomic mass is 9.81. The van der Waals surface area contributed by atoms with E-state index in [1.807, 2.05) is 6.08 Å². The Balaban J connectivity index is 2.54. The van der Waals surface area contributed by atoms with Crippen molar-refractivity contribution in [2.45, 2.75) is 39.7 Å². The number of allylic oxidation sites excluding steroid dienone is 4. The maximum atomic E-state index is 5.87. The lowest BCUT2D eigenvalue weighted by Gasteiger charge is -2.27. The van der Waals surface area contributed by atoms with Crippen molar-refractivity contribution >= 4 is 11.6 Å². The van der Waals surface area contributed by atoms with Crippen LogP contribution in [0.3, 0.4) is 0 Å². The van der Waals surface area contributed by atoms with Crippen LogP contribution in [0.25, 0.3) is 0 Å². The van der Waals surface area contributed by atoms with E-state index in [4.69, 9.17) is 11.6 Å². The first-order valence-electron chi connectivity index (χ1n) is 5.42. The number of hydrogen-bond donors (Lipinski definition) is 1. The smallest absolute Gasteiger partial charge is 0.0360 e. The lowest BCUT2D eigenvalue weighted by molar-refractivity contribution is 0.325. The molecule has 1 unspecified atom stereocenters. The second-order valence-corrected chi connectivity index (χ2v) is 4.97. The Morgan fingerprint density at radius 1 is 1.73 bits per heavy atom. The first-order valence-corrected chi connectivity index (χ1v) is 5.80. The molecule has 0 saturated heterocycles. The zero-order chi connectivity index (χ0) is 11.5. The van der Waals surface area contributed by atoms with Crippen molar-refractivity contribution in [3.8, 4) is 0 Å². The second-order valence-electron chi connectivity index (χ2n) is 4.53. The molecule has 1 heterocycles. The van der Waals surface area contributed by atoms with Gasteiger partial charge in [-0.25, -0.2) is 0 Å². The third kappa shape index (κ3) is 3.13. The van der Waals surface area contributed by atoms with Crippen LogP contribution in [0.5, 0.6) is 0 Å². The average molecular weight is 226 g/mol. The molecular formula is C13H20ClN. The van der Waals surface area contributed by atoms with Crippen LogP contribution >= 0.6 is 11.6 Å². The van der Waals surface area contributed by atoms with Gasteiger partial charge in [0.2, 0.25) is 0 Å². The topological polar surface area (TPSA) is 12.0 Å².